The van der Waals surface area contributed by atoms with Gasteiger partial charge in [-0.2, -0.15) is 0 Å². The topological polar surface area (TPSA) is 39.7 Å². The Bertz CT molecular complexity index is 366. The summed E-state index contributed by atoms with van der Waals surface area (Å²) in [5.41, 5.74) is 1.14. The maximum absolute atomic E-state index is 5.76. The molecule has 2 rings (SSSR count). The van der Waals surface area contributed by atoms with E-state index in [2.05, 4.69) is 5.32 Å². The van der Waals surface area contributed by atoms with Crippen LogP contribution in [0.25, 0.3) is 0 Å². The first-order valence-electron chi connectivity index (χ1n) is 6.30. The Hall–Kier alpha value is -1.26. The van der Waals surface area contributed by atoms with E-state index in [1.54, 1.807) is 14.2 Å². The van der Waals surface area contributed by atoms with Crippen molar-refractivity contribution >= 4 is 0 Å². The second-order valence-corrected chi connectivity index (χ2v) is 4.46. The fraction of sp³-hybridized carbons (Fsp3) is 0.571. The van der Waals surface area contributed by atoms with Crippen LogP contribution in [-0.4, -0.2) is 34.0 Å². The van der Waals surface area contributed by atoms with Crippen LogP contribution in [0.2, 0.25) is 0 Å². The highest BCUT2D eigenvalue weighted by Gasteiger charge is 2.26. The van der Waals surface area contributed by atoms with Crippen molar-refractivity contribution in [3.63, 3.8) is 0 Å². The molecule has 4 heteroatoms. The number of rotatable bonds is 5. The molecule has 100 valence electrons. The van der Waals surface area contributed by atoms with Gasteiger partial charge < -0.3 is 19.5 Å². The molecule has 1 aliphatic heterocycles. The minimum Gasteiger partial charge on any atom is -0.497 e. The van der Waals surface area contributed by atoms with Gasteiger partial charge in [-0.15, -0.1) is 0 Å². The molecule has 1 fully saturated rings. The molecule has 18 heavy (non-hydrogen) atoms. The van der Waals surface area contributed by atoms with Crippen molar-refractivity contribution in [3.05, 3.63) is 23.8 Å². The summed E-state index contributed by atoms with van der Waals surface area (Å²) in [6, 6.07) is 6.12. The molecule has 0 amide bonds. The Morgan fingerprint density at radius 3 is 2.33 bits per heavy atom. The van der Waals surface area contributed by atoms with E-state index in [9.17, 15) is 0 Å². The Kier molecular flexibility index (Phi) is 4.44. The third-order valence-corrected chi connectivity index (χ3v) is 3.38. The van der Waals surface area contributed by atoms with Gasteiger partial charge in [-0.3, -0.25) is 0 Å². The third-order valence-electron chi connectivity index (χ3n) is 3.38. The van der Waals surface area contributed by atoms with E-state index < -0.39 is 0 Å². The van der Waals surface area contributed by atoms with Crippen LogP contribution in [0.3, 0.4) is 0 Å². The quantitative estimate of drug-likeness (QED) is 0.870. The molecule has 2 atom stereocenters. The summed E-state index contributed by atoms with van der Waals surface area (Å²) in [4.78, 5) is 0. The number of methoxy groups -OCH3 is 2. The Balaban J connectivity index is 2.28. The molecule has 1 heterocycles. The van der Waals surface area contributed by atoms with Crippen LogP contribution >= 0.6 is 0 Å². The molecule has 1 aromatic carbocycles. The third kappa shape index (κ3) is 2.76. The largest absolute Gasteiger partial charge is 0.497 e. The number of hydrogen-bond acceptors (Lipinski definition) is 4. The summed E-state index contributed by atoms with van der Waals surface area (Å²) >= 11 is 0. The van der Waals surface area contributed by atoms with Crippen LogP contribution < -0.4 is 14.8 Å². The maximum Gasteiger partial charge on any atom is 0.122 e. The highest BCUT2D eigenvalue weighted by atomic mass is 16.5. The van der Waals surface area contributed by atoms with Gasteiger partial charge in [0, 0.05) is 12.7 Å². The van der Waals surface area contributed by atoms with E-state index in [0.29, 0.717) is 0 Å². The van der Waals surface area contributed by atoms with Crippen molar-refractivity contribution in [1.82, 2.24) is 5.32 Å². The van der Waals surface area contributed by atoms with E-state index in [1.807, 2.05) is 25.2 Å². The lowest BCUT2D eigenvalue weighted by Gasteiger charge is -2.23. The number of benzene rings is 1. The fourth-order valence-corrected chi connectivity index (χ4v) is 2.44. The molecular formula is C14H21NO3. The average Bonchev–Trinajstić information content (AvgIpc) is 2.93. The summed E-state index contributed by atoms with van der Waals surface area (Å²) in [6.45, 7) is 0.851. The molecule has 0 radical (unpaired) electrons. The van der Waals surface area contributed by atoms with Gasteiger partial charge in [0.15, 0.2) is 0 Å². The van der Waals surface area contributed by atoms with Crippen molar-refractivity contribution in [1.29, 1.82) is 0 Å². The van der Waals surface area contributed by atoms with Crippen molar-refractivity contribution in [2.45, 2.75) is 25.0 Å². The van der Waals surface area contributed by atoms with Crippen molar-refractivity contribution in [2.75, 3.05) is 27.9 Å². The second-order valence-electron chi connectivity index (χ2n) is 4.46. The SMILES string of the molecule is CNC(c1cc(OC)cc(OC)c1)C1CCCO1. The van der Waals surface area contributed by atoms with E-state index in [-0.39, 0.29) is 12.1 Å². The fourth-order valence-electron chi connectivity index (χ4n) is 2.44. The van der Waals surface area contributed by atoms with Gasteiger partial charge in [0.25, 0.3) is 0 Å². The lowest BCUT2D eigenvalue weighted by Crippen LogP contribution is -2.28. The van der Waals surface area contributed by atoms with E-state index >= 15 is 0 Å². The molecule has 2 unspecified atom stereocenters. The van der Waals surface area contributed by atoms with Crippen LogP contribution in [0.15, 0.2) is 18.2 Å². The number of likely N-dealkylation sites (N-methyl/N-ethyl adjacent to an activating group) is 1. The smallest absolute Gasteiger partial charge is 0.122 e. The lowest BCUT2D eigenvalue weighted by atomic mass is 9.99. The lowest BCUT2D eigenvalue weighted by molar-refractivity contribution is 0.0806. The molecule has 1 aliphatic rings. The average molecular weight is 251 g/mol. The molecular weight excluding hydrogens is 230 g/mol. The predicted molar refractivity (Wildman–Crippen MR) is 70.3 cm³/mol. The first-order valence-corrected chi connectivity index (χ1v) is 6.30. The zero-order chi connectivity index (χ0) is 13.0. The Morgan fingerprint density at radius 1 is 1.22 bits per heavy atom. The molecule has 1 aromatic rings. The van der Waals surface area contributed by atoms with Crippen LogP contribution in [0.4, 0.5) is 0 Å². The van der Waals surface area contributed by atoms with Crippen molar-refractivity contribution in [3.8, 4) is 11.5 Å². The zero-order valence-corrected chi connectivity index (χ0v) is 11.2. The van der Waals surface area contributed by atoms with E-state index in [0.717, 1.165) is 36.5 Å². The second kappa shape index (κ2) is 6.07. The van der Waals surface area contributed by atoms with Crippen LogP contribution in [0.1, 0.15) is 24.4 Å². The van der Waals surface area contributed by atoms with Crippen molar-refractivity contribution in [2.24, 2.45) is 0 Å². The Labute approximate surface area is 108 Å². The van der Waals surface area contributed by atoms with Gasteiger partial charge >= 0.3 is 0 Å². The molecule has 0 saturated carbocycles. The van der Waals surface area contributed by atoms with E-state index in [1.165, 1.54) is 0 Å². The van der Waals surface area contributed by atoms with Gasteiger partial charge in [0.05, 0.1) is 26.4 Å². The molecule has 4 nitrogen and oxygen atoms in total. The molecule has 0 aromatic heterocycles. The summed E-state index contributed by atoms with van der Waals surface area (Å²) in [5, 5.41) is 3.33. The van der Waals surface area contributed by atoms with Crippen LogP contribution in [0.5, 0.6) is 11.5 Å². The Morgan fingerprint density at radius 2 is 1.89 bits per heavy atom. The van der Waals surface area contributed by atoms with Gasteiger partial charge in [-0.25, -0.2) is 0 Å². The van der Waals surface area contributed by atoms with Crippen LogP contribution in [-0.2, 0) is 4.74 Å². The predicted octanol–water partition coefficient (Wildman–Crippen LogP) is 2.14. The molecule has 0 aliphatic carbocycles. The molecule has 1 N–H and O–H groups in total. The number of nitrogens with one attached hydrogen (secondary N) is 1. The summed E-state index contributed by atoms with van der Waals surface area (Å²) in [6.07, 6.45) is 2.45. The molecule has 0 bridgehead atoms. The monoisotopic (exact) mass is 251 g/mol. The number of hydrogen-bond donors (Lipinski definition) is 1. The highest BCUT2D eigenvalue weighted by molar-refractivity contribution is 5.40. The maximum atomic E-state index is 5.76. The standard InChI is InChI=1S/C14H21NO3/c1-15-14(13-5-4-6-18-13)10-7-11(16-2)9-12(8-10)17-3/h7-9,13-15H,4-6H2,1-3H3. The molecule has 0 spiro atoms. The van der Waals surface area contributed by atoms with E-state index in [4.69, 9.17) is 14.2 Å². The van der Waals surface area contributed by atoms with Crippen molar-refractivity contribution < 1.29 is 14.2 Å². The first-order chi connectivity index (χ1) is 8.78. The minimum atomic E-state index is 0.177. The normalized spacial score (nSPS) is 20.7. The summed E-state index contributed by atoms with van der Waals surface area (Å²) in [7, 11) is 5.29. The van der Waals surface area contributed by atoms with Gasteiger partial charge in [-0.1, -0.05) is 0 Å². The zero-order valence-electron chi connectivity index (χ0n) is 11.2. The van der Waals surface area contributed by atoms with Crippen LogP contribution in [0, 0.1) is 0 Å². The molecule has 1 saturated heterocycles. The number of ether oxygens (including phenoxy) is 3. The summed E-state index contributed by atoms with van der Waals surface area (Å²) < 4.78 is 16.4. The first kappa shape index (κ1) is 13.2. The van der Waals surface area contributed by atoms with Gasteiger partial charge in [-0.05, 0) is 37.6 Å². The minimum absolute atomic E-state index is 0.177. The summed E-state index contributed by atoms with van der Waals surface area (Å²) in [5.74, 6) is 1.62. The highest BCUT2D eigenvalue weighted by Crippen LogP contribution is 2.31. The van der Waals surface area contributed by atoms with Gasteiger partial charge in [0.2, 0.25) is 0 Å². The van der Waals surface area contributed by atoms with Gasteiger partial charge in [0.1, 0.15) is 11.5 Å².